The molecule has 31 heavy (non-hydrogen) atoms. The molecule has 1 saturated carbocycles. The van der Waals surface area contributed by atoms with Gasteiger partial charge in [-0.05, 0) is 78.4 Å². The van der Waals surface area contributed by atoms with Gasteiger partial charge in [0.15, 0.2) is 6.20 Å². The predicted octanol–water partition coefficient (Wildman–Crippen LogP) is 7.56. The van der Waals surface area contributed by atoms with Gasteiger partial charge in [-0.15, -0.1) is 0 Å². The molecular formula is C29H30NO+. The van der Waals surface area contributed by atoms with Crippen LogP contribution in [0.1, 0.15) is 60.3 Å². The summed E-state index contributed by atoms with van der Waals surface area (Å²) in [6.45, 7) is 6.70. The van der Waals surface area contributed by atoms with Gasteiger partial charge in [0.05, 0.1) is 10.9 Å². The first kappa shape index (κ1) is 18.9. The van der Waals surface area contributed by atoms with Gasteiger partial charge in [-0.1, -0.05) is 43.5 Å². The Bertz CT molecular complexity index is 1380. The number of ether oxygens (including phenoxy) is 1. The van der Waals surface area contributed by atoms with Gasteiger partial charge >= 0.3 is 0 Å². The fourth-order valence-electron chi connectivity index (χ4n) is 6.15. The van der Waals surface area contributed by atoms with Crippen molar-refractivity contribution in [2.24, 2.45) is 7.05 Å². The molecule has 156 valence electrons. The summed E-state index contributed by atoms with van der Waals surface area (Å²) in [6, 6.07) is 13.7. The van der Waals surface area contributed by atoms with Crippen molar-refractivity contribution in [2.75, 3.05) is 0 Å². The number of nitrogens with zero attached hydrogens (tertiary/aromatic N) is 1. The van der Waals surface area contributed by atoms with E-state index in [1.54, 1.807) is 0 Å². The van der Waals surface area contributed by atoms with Crippen LogP contribution in [0.15, 0.2) is 42.6 Å². The number of pyridine rings is 1. The van der Waals surface area contributed by atoms with Crippen molar-refractivity contribution in [1.82, 2.24) is 0 Å². The van der Waals surface area contributed by atoms with Gasteiger partial charge in [0.1, 0.15) is 18.5 Å². The summed E-state index contributed by atoms with van der Waals surface area (Å²) in [7, 11) is 2.17. The lowest BCUT2D eigenvalue weighted by molar-refractivity contribution is -0.659. The van der Waals surface area contributed by atoms with Gasteiger partial charge in [0.2, 0.25) is 5.69 Å². The molecule has 3 aromatic carbocycles. The number of benzene rings is 3. The largest absolute Gasteiger partial charge is 0.455 e. The van der Waals surface area contributed by atoms with Gasteiger partial charge in [-0.3, -0.25) is 0 Å². The minimum atomic E-state index is 0.666. The molecule has 0 saturated heterocycles. The Balaban J connectivity index is 1.69. The lowest BCUT2D eigenvalue weighted by Gasteiger charge is -2.27. The molecule has 1 aromatic heterocycles. The molecular weight excluding hydrogens is 378 g/mol. The number of hydrogen-bond donors (Lipinski definition) is 0. The summed E-state index contributed by atoms with van der Waals surface area (Å²) >= 11 is 0. The van der Waals surface area contributed by atoms with Crippen LogP contribution in [0.4, 0.5) is 0 Å². The predicted molar refractivity (Wildman–Crippen MR) is 128 cm³/mol. The zero-order valence-electron chi connectivity index (χ0n) is 19.0. The van der Waals surface area contributed by atoms with Gasteiger partial charge < -0.3 is 4.74 Å². The molecule has 0 amide bonds. The van der Waals surface area contributed by atoms with Crippen LogP contribution >= 0.6 is 0 Å². The summed E-state index contributed by atoms with van der Waals surface area (Å²) in [6.07, 6.45) is 8.90. The van der Waals surface area contributed by atoms with Crippen molar-refractivity contribution in [1.29, 1.82) is 0 Å². The minimum absolute atomic E-state index is 0.666. The monoisotopic (exact) mass is 408 g/mol. The van der Waals surface area contributed by atoms with Crippen LogP contribution in [0.25, 0.3) is 32.8 Å². The lowest BCUT2D eigenvalue weighted by Crippen LogP contribution is -2.32. The van der Waals surface area contributed by atoms with Gasteiger partial charge in [-0.2, -0.15) is 0 Å². The Kier molecular flexibility index (Phi) is 4.15. The van der Waals surface area contributed by atoms with Crippen LogP contribution in [0.3, 0.4) is 0 Å². The zero-order chi connectivity index (χ0) is 21.3. The van der Waals surface area contributed by atoms with E-state index < -0.39 is 0 Å². The Morgan fingerprint density at radius 1 is 0.903 bits per heavy atom. The molecule has 2 heteroatoms. The average Bonchev–Trinajstić information content (AvgIpc) is 2.79. The summed E-state index contributed by atoms with van der Waals surface area (Å²) in [5.74, 6) is 2.73. The van der Waals surface area contributed by atoms with Crippen LogP contribution in [0.2, 0.25) is 0 Å². The topological polar surface area (TPSA) is 13.1 Å². The van der Waals surface area contributed by atoms with Crippen LogP contribution in [0.5, 0.6) is 11.5 Å². The Labute approximate surface area is 184 Å². The third kappa shape index (κ3) is 2.67. The normalized spacial score (nSPS) is 15.9. The van der Waals surface area contributed by atoms with Crippen molar-refractivity contribution < 1.29 is 9.30 Å². The third-order valence-corrected chi connectivity index (χ3v) is 7.74. The molecule has 1 aliphatic heterocycles. The van der Waals surface area contributed by atoms with Gasteiger partial charge in [0.25, 0.3) is 0 Å². The summed E-state index contributed by atoms with van der Waals surface area (Å²) < 4.78 is 9.06. The number of aromatic nitrogens is 1. The number of hydrogen-bond acceptors (Lipinski definition) is 1. The maximum Gasteiger partial charge on any atom is 0.228 e. The Morgan fingerprint density at radius 2 is 1.71 bits per heavy atom. The molecule has 0 unspecified atom stereocenters. The second-order valence-corrected chi connectivity index (χ2v) is 9.65. The van der Waals surface area contributed by atoms with E-state index >= 15 is 0 Å². The lowest BCUT2D eigenvalue weighted by atomic mass is 9.82. The first-order chi connectivity index (χ1) is 15.0. The highest BCUT2D eigenvalue weighted by Gasteiger charge is 2.33. The molecule has 0 spiro atoms. The molecule has 4 aromatic rings. The number of rotatable bonds is 1. The highest BCUT2D eigenvalue weighted by molar-refractivity contribution is 6.07. The molecule has 2 heterocycles. The fraction of sp³-hybridized carbons (Fsp3) is 0.345. The maximum atomic E-state index is 6.78. The summed E-state index contributed by atoms with van der Waals surface area (Å²) in [5.41, 5.74) is 7.88. The maximum absolute atomic E-state index is 6.78. The smallest absolute Gasteiger partial charge is 0.228 e. The van der Waals surface area contributed by atoms with E-state index in [1.165, 1.54) is 87.2 Å². The first-order valence-electron chi connectivity index (χ1n) is 11.7. The van der Waals surface area contributed by atoms with Crippen molar-refractivity contribution >= 4 is 21.5 Å². The van der Waals surface area contributed by atoms with Crippen LogP contribution in [-0.2, 0) is 7.05 Å². The molecule has 1 aliphatic carbocycles. The third-order valence-electron chi connectivity index (χ3n) is 7.74. The van der Waals surface area contributed by atoms with Crippen LogP contribution < -0.4 is 9.30 Å². The first-order valence-corrected chi connectivity index (χ1v) is 11.7. The highest BCUT2D eigenvalue weighted by Crippen LogP contribution is 2.51. The summed E-state index contributed by atoms with van der Waals surface area (Å²) in [5, 5.41) is 5.23. The molecule has 0 N–H and O–H groups in total. The van der Waals surface area contributed by atoms with E-state index in [-0.39, 0.29) is 0 Å². The summed E-state index contributed by atoms with van der Waals surface area (Å²) in [4.78, 5) is 0. The molecule has 6 rings (SSSR count). The standard InChI is InChI=1S/C29H30NO/c1-17-9-8-12-23-18(2)29-26(19(3)25(17)23)28-27-21(13-14-30(28)4)15-22(16-24(27)31-29)20-10-6-5-7-11-20/h8-9,12-16,20H,5-7,10-11H2,1-4H3/q+1. The van der Waals surface area contributed by atoms with Crippen molar-refractivity contribution in [3.63, 3.8) is 0 Å². The second kappa shape index (κ2) is 6.82. The molecule has 2 aliphatic rings. The molecule has 0 radical (unpaired) electrons. The van der Waals surface area contributed by atoms with E-state index in [9.17, 15) is 0 Å². The van der Waals surface area contributed by atoms with Crippen LogP contribution in [0, 0.1) is 20.8 Å². The van der Waals surface area contributed by atoms with E-state index in [2.05, 4.69) is 75.0 Å². The van der Waals surface area contributed by atoms with E-state index in [0.29, 0.717) is 5.92 Å². The molecule has 0 atom stereocenters. The van der Waals surface area contributed by atoms with E-state index in [4.69, 9.17) is 4.74 Å². The van der Waals surface area contributed by atoms with E-state index in [1.807, 2.05) is 0 Å². The zero-order valence-corrected chi connectivity index (χ0v) is 19.0. The van der Waals surface area contributed by atoms with Crippen molar-refractivity contribution in [3.05, 3.63) is 64.8 Å². The SMILES string of the molecule is Cc1c2c(c(C)c3c(C)cccc13)-c1c3c(cc(C4CCCCC4)cc3cc[n+]1C)O2. The molecule has 0 bridgehead atoms. The Morgan fingerprint density at radius 3 is 2.52 bits per heavy atom. The highest BCUT2D eigenvalue weighted by atomic mass is 16.5. The molecule has 2 nitrogen and oxygen atoms in total. The average molecular weight is 409 g/mol. The van der Waals surface area contributed by atoms with Gasteiger partial charge in [0, 0.05) is 11.6 Å². The molecule has 1 fully saturated rings. The van der Waals surface area contributed by atoms with Gasteiger partial charge in [-0.25, -0.2) is 4.57 Å². The fourth-order valence-corrected chi connectivity index (χ4v) is 6.15. The van der Waals surface area contributed by atoms with Crippen molar-refractivity contribution in [2.45, 2.75) is 58.8 Å². The second-order valence-electron chi connectivity index (χ2n) is 9.65. The van der Waals surface area contributed by atoms with Crippen molar-refractivity contribution in [3.8, 4) is 22.8 Å². The number of fused-ring (bicyclic) bond motifs is 3. The Hall–Kier alpha value is -2.87. The number of aryl methyl sites for hydroxylation is 4. The van der Waals surface area contributed by atoms with E-state index in [0.717, 1.165) is 11.5 Å². The minimum Gasteiger partial charge on any atom is -0.455 e. The quantitative estimate of drug-likeness (QED) is 0.261. The van der Waals surface area contributed by atoms with Crippen LogP contribution in [-0.4, -0.2) is 0 Å².